The molecule has 0 amide bonds. The van der Waals surface area contributed by atoms with E-state index in [-0.39, 0.29) is 16.9 Å². The van der Waals surface area contributed by atoms with Crippen LogP contribution in [-0.4, -0.2) is 10.8 Å². The predicted molar refractivity (Wildman–Crippen MR) is 54.6 cm³/mol. The Kier molecular flexibility index (Phi) is 1.93. The van der Waals surface area contributed by atoms with Crippen LogP contribution in [0.2, 0.25) is 0 Å². The van der Waals surface area contributed by atoms with Crippen molar-refractivity contribution in [1.82, 2.24) is 4.98 Å². The molecule has 1 N–H and O–H groups in total. The maximum atomic E-state index is 11.4. The third kappa shape index (κ3) is 1.33. The molecule has 0 atom stereocenters. The highest BCUT2D eigenvalue weighted by Crippen LogP contribution is 2.09. The fourth-order valence-corrected chi connectivity index (χ4v) is 1.41. The molecule has 0 aliphatic heterocycles. The summed E-state index contributed by atoms with van der Waals surface area (Å²) in [7, 11) is 0. The van der Waals surface area contributed by atoms with Gasteiger partial charge in [-0.1, -0.05) is 18.2 Å². The van der Waals surface area contributed by atoms with Gasteiger partial charge in [0.1, 0.15) is 0 Å². The van der Waals surface area contributed by atoms with Crippen LogP contribution in [0.3, 0.4) is 0 Å². The molecule has 3 heteroatoms. The van der Waals surface area contributed by atoms with Gasteiger partial charge >= 0.3 is 0 Å². The summed E-state index contributed by atoms with van der Waals surface area (Å²) in [5, 5.41) is 0.873. The first-order valence-electron chi connectivity index (χ1n) is 4.31. The van der Waals surface area contributed by atoms with Crippen molar-refractivity contribution < 1.29 is 4.79 Å². The van der Waals surface area contributed by atoms with Gasteiger partial charge in [0.05, 0.1) is 5.56 Å². The molecular weight excluding hydrogens is 178 g/mol. The number of hydrogen-bond donors (Lipinski definition) is 1. The Bertz CT molecular complexity index is 554. The molecule has 0 saturated carbocycles. The summed E-state index contributed by atoms with van der Waals surface area (Å²) in [4.78, 5) is 25.2. The number of para-hydroxylation sites is 1. The van der Waals surface area contributed by atoms with Crippen molar-refractivity contribution in [3.8, 4) is 0 Å². The van der Waals surface area contributed by atoms with Gasteiger partial charge in [0.2, 0.25) is 0 Å². The Labute approximate surface area is 80.4 Å². The zero-order chi connectivity index (χ0) is 10.1. The molecule has 3 nitrogen and oxygen atoms in total. The molecule has 2 aromatic rings. The molecule has 70 valence electrons. The van der Waals surface area contributed by atoms with Gasteiger partial charge < -0.3 is 4.98 Å². The first-order valence-corrected chi connectivity index (χ1v) is 4.31. The number of H-pyrrole nitrogens is 1. The average Bonchev–Trinajstić information content (AvgIpc) is 2.16. The molecule has 0 radical (unpaired) electrons. The summed E-state index contributed by atoms with van der Waals surface area (Å²) in [6.07, 6.45) is 0. The van der Waals surface area contributed by atoms with Gasteiger partial charge in [-0.2, -0.15) is 0 Å². The molecule has 0 fully saturated rings. The summed E-state index contributed by atoms with van der Waals surface area (Å²) in [6.45, 7) is 1.39. The highest BCUT2D eigenvalue weighted by atomic mass is 16.1. The molecule has 1 heterocycles. The van der Waals surface area contributed by atoms with E-state index in [9.17, 15) is 9.59 Å². The van der Waals surface area contributed by atoms with Gasteiger partial charge in [-0.15, -0.1) is 0 Å². The first kappa shape index (κ1) is 8.69. The molecule has 1 aromatic carbocycles. The van der Waals surface area contributed by atoms with Crippen LogP contribution in [0.25, 0.3) is 10.9 Å². The summed E-state index contributed by atoms with van der Waals surface area (Å²) in [6, 6.07) is 8.99. The van der Waals surface area contributed by atoms with Crippen molar-refractivity contribution in [2.45, 2.75) is 6.92 Å². The standard InChI is InChI=1S/C11H9NO2/c1-7(13)9-6-8-4-2-3-5-10(8)12-11(9)14/h2-6H,1H3,(H,12,14). The van der Waals surface area contributed by atoms with Crippen molar-refractivity contribution in [2.75, 3.05) is 0 Å². The Balaban J connectivity index is 2.84. The number of aromatic amines is 1. The van der Waals surface area contributed by atoms with Gasteiger partial charge in [0.25, 0.3) is 5.56 Å². The first-order chi connectivity index (χ1) is 6.68. The van der Waals surface area contributed by atoms with Crippen molar-refractivity contribution in [1.29, 1.82) is 0 Å². The largest absolute Gasteiger partial charge is 0.321 e. The lowest BCUT2D eigenvalue weighted by atomic mass is 10.1. The van der Waals surface area contributed by atoms with Gasteiger partial charge in [-0.05, 0) is 24.4 Å². The van der Waals surface area contributed by atoms with E-state index >= 15 is 0 Å². The fraction of sp³-hybridized carbons (Fsp3) is 0.0909. The summed E-state index contributed by atoms with van der Waals surface area (Å²) in [5.74, 6) is -0.211. The minimum Gasteiger partial charge on any atom is -0.321 e. The fourth-order valence-electron chi connectivity index (χ4n) is 1.41. The van der Waals surface area contributed by atoms with Crippen LogP contribution in [0.15, 0.2) is 35.1 Å². The van der Waals surface area contributed by atoms with Crippen LogP contribution in [0.5, 0.6) is 0 Å². The normalized spacial score (nSPS) is 10.4. The van der Waals surface area contributed by atoms with E-state index in [0.717, 1.165) is 10.9 Å². The van der Waals surface area contributed by atoms with E-state index in [0.29, 0.717) is 0 Å². The maximum absolute atomic E-state index is 11.4. The van der Waals surface area contributed by atoms with Gasteiger partial charge in [-0.25, -0.2) is 0 Å². The van der Waals surface area contributed by atoms with Crippen LogP contribution >= 0.6 is 0 Å². The lowest BCUT2D eigenvalue weighted by molar-refractivity contribution is 0.101. The van der Waals surface area contributed by atoms with E-state index in [4.69, 9.17) is 0 Å². The number of nitrogens with one attached hydrogen (secondary N) is 1. The maximum Gasteiger partial charge on any atom is 0.259 e. The lowest BCUT2D eigenvalue weighted by Gasteiger charge is -1.98. The second-order valence-corrected chi connectivity index (χ2v) is 3.16. The van der Waals surface area contributed by atoms with Crippen molar-refractivity contribution >= 4 is 16.7 Å². The highest BCUT2D eigenvalue weighted by molar-refractivity contribution is 5.96. The minimum absolute atomic E-state index is 0.211. The smallest absolute Gasteiger partial charge is 0.259 e. The van der Waals surface area contributed by atoms with Gasteiger partial charge in [0.15, 0.2) is 5.78 Å². The Morgan fingerprint density at radius 3 is 2.71 bits per heavy atom. The van der Waals surface area contributed by atoms with Gasteiger partial charge in [0, 0.05) is 5.52 Å². The zero-order valence-electron chi connectivity index (χ0n) is 7.70. The Morgan fingerprint density at radius 1 is 1.29 bits per heavy atom. The second-order valence-electron chi connectivity index (χ2n) is 3.16. The van der Waals surface area contributed by atoms with Crippen LogP contribution in [0.1, 0.15) is 17.3 Å². The number of carbonyl (C=O) groups is 1. The molecule has 0 aliphatic carbocycles. The van der Waals surface area contributed by atoms with E-state index < -0.39 is 0 Å². The Morgan fingerprint density at radius 2 is 2.00 bits per heavy atom. The molecule has 1 aromatic heterocycles. The molecule has 0 unspecified atom stereocenters. The number of fused-ring (bicyclic) bond motifs is 1. The number of pyridine rings is 1. The SMILES string of the molecule is CC(=O)c1cc2ccccc2[nH]c1=O. The average molecular weight is 187 g/mol. The topological polar surface area (TPSA) is 49.9 Å². The summed E-state index contributed by atoms with van der Waals surface area (Å²) < 4.78 is 0. The molecule has 0 saturated heterocycles. The minimum atomic E-state index is -0.323. The van der Waals surface area contributed by atoms with E-state index in [1.165, 1.54) is 6.92 Å². The van der Waals surface area contributed by atoms with E-state index in [1.807, 2.05) is 18.2 Å². The monoisotopic (exact) mass is 187 g/mol. The molecule has 2 rings (SSSR count). The lowest BCUT2D eigenvalue weighted by Crippen LogP contribution is -2.15. The third-order valence-corrected chi connectivity index (χ3v) is 2.13. The second kappa shape index (κ2) is 3.10. The highest BCUT2D eigenvalue weighted by Gasteiger charge is 2.05. The van der Waals surface area contributed by atoms with E-state index in [2.05, 4.69) is 4.98 Å². The van der Waals surface area contributed by atoms with Crippen LogP contribution < -0.4 is 5.56 Å². The summed E-state index contributed by atoms with van der Waals surface area (Å²) in [5.41, 5.74) is 0.641. The molecule has 0 aliphatic rings. The number of ketones is 1. The molecule has 0 bridgehead atoms. The van der Waals surface area contributed by atoms with Crippen LogP contribution in [0.4, 0.5) is 0 Å². The molecule has 0 spiro atoms. The third-order valence-electron chi connectivity index (χ3n) is 2.13. The van der Waals surface area contributed by atoms with Crippen molar-refractivity contribution in [2.24, 2.45) is 0 Å². The number of carbonyl (C=O) groups excluding carboxylic acids is 1. The predicted octanol–water partition coefficient (Wildman–Crippen LogP) is 1.73. The number of Topliss-reactive ketones (excluding diaryl/α,β-unsaturated/α-hetero) is 1. The number of rotatable bonds is 1. The zero-order valence-corrected chi connectivity index (χ0v) is 7.70. The molecule has 14 heavy (non-hydrogen) atoms. The van der Waals surface area contributed by atoms with E-state index in [1.54, 1.807) is 12.1 Å². The number of benzene rings is 1. The van der Waals surface area contributed by atoms with Gasteiger partial charge in [-0.3, -0.25) is 9.59 Å². The van der Waals surface area contributed by atoms with Crippen molar-refractivity contribution in [3.63, 3.8) is 0 Å². The Hall–Kier alpha value is -1.90. The number of aromatic nitrogens is 1. The van der Waals surface area contributed by atoms with Crippen LogP contribution in [-0.2, 0) is 0 Å². The summed E-state index contributed by atoms with van der Waals surface area (Å²) >= 11 is 0. The quantitative estimate of drug-likeness (QED) is 0.691. The number of hydrogen-bond acceptors (Lipinski definition) is 2. The van der Waals surface area contributed by atoms with Crippen LogP contribution in [0, 0.1) is 0 Å². The molecular formula is C11H9NO2. The van der Waals surface area contributed by atoms with Crippen molar-refractivity contribution in [3.05, 3.63) is 46.2 Å².